The van der Waals surface area contributed by atoms with Gasteiger partial charge in [-0.15, -0.1) is 0 Å². The zero-order valence-corrected chi connectivity index (χ0v) is 9.83. The first kappa shape index (κ1) is 12.0. The van der Waals surface area contributed by atoms with Gasteiger partial charge >= 0.3 is 0 Å². The summed E-state index contributed by atoms with van der Waals surface area (Å²) in [6.07, 6.45) is 2.46. The molecule has 1 atom stereocenters. The van der Waals surface area contributed by atoms with Crippen LogP contribution in [0, 0.1) is 0 Å². The summed E-state index contributed by atoms with van der Waals surface area (Å²) in [5, 5.41) is 0. The summed E-state index contributed by atoms with van der Waals surface area (Å²) in [4.78, 5) is 5.02. The van der Waals surface area contributed by atoms with E-state index in [0.717, 1.165) is 13.0 Å². The predicted octanol–water partition coefficient (Wildman–Crippen LogP) is 1.05. The smallest absolute Gasteiger partial charge is 0.0474 e. The van der Waals surface area contributed by atoms with E-state index in [1.54, 1.807) is 7.11 Å². The van der Waals surface area contributed by atoms with Gasteiger partial charge in [-0.1, -0.05) is 0 Å². The van der Waals surface area contributed by atoms with Crippen LogP contribution in [0.1, 0.15) is 19.8 Å². The van der Waals surface area contributed by atoms with Gasteiger partial charge in [0, 0.05) is 32.8 Å². The molecule has 1 fully saturated rings. The number of methoxy groups -OCH3 is 1. The molecule has 84 valence electrons. The van der Waals surface area contributed by atoms with Crippen molar-refractivity contribution in [2.24, 2.45) is 0 Å². The molecule has 1 heterocycles. The molecule has 1 unspecified atom stereocenters. The molecule has 0 spiro atoms. The van der Waals surface area contributed by atoms with Gasteiger partial charge < -0.3 is 14.5 Å². The first-order valence-electron chi connectivity index (χ1n) is 5.65. The highest BCUT2D eigenvalue weighted by molar-refractivity contribution is 4.74. The molecule has 14 heavy (non-hydrogen) atoms. The average molecular weight is 200 g/mol. The fraction of sp³-hybridized carbons (Fsp3) is 1.00. The lowest BCUT2D eigenvalue weighted by molar-refractivity contribution is 0.165. The molecule has 0 radical (unpaired) electrons. The molecular weight excluding hydrogens is 176 g/mol. The Morgan fingerprint density at radius 3 is 2.86 bits per heavy atom. The number of nitrogens with zero attached hydrogens (tertiary/aromatic N) is 2. The van der Waals surface area contributed by atoms with Crippen LogP contribution in [-0.2, 0) is 4.74 Å². The van der Waals surface area contributed by atoms with E-state index < -0.39 is 0 Å². The highest BCUT2D eigenvalue weighted by Gasteiger charge is 2.17. The van der Waals surface area contributed by atoms with E-state index in [9.17, 15) is 0 Å². The van der Waals surface area contributed by atoms with E-state index in [-0.39, 0.29) is 0 Å². The average Bonchev–Trinajstić information content (AvgIpc) is 2.31. The van der Waals surface area contributed by atoms with Crippen molar-refractivity contribution in [1.29, 1.82) is 0 Å². The van der Waals surface area contributed by atoms with Gasteiger partial charge in [-0.25, -0.2) is 0 Å². The number of hydrogen-bond acceptors (Lipinski definition) is 3. The summed E-state index contributed by atoms with van der Waals surface area (Å²) in [7, 11) is 4.00. The Hall–Kier alpha value is -0.120. The maximum atomic E-state index is 5.08. The molecule has 0 aromatic carbocycles. The molecule has 1 saturated heterocycles. The first-order valence-corrected chi connectivity index (χ1v) is 5.65. The van der Waals surface area contributed by atoms with Crippen molar-refractivity contribution < 1.29 is 4.74 Å². The molecule has 0 saturated carbocycles. The fourth-order valence-electron chi connectivity index (χ4n) is 2.00. The molecule has 3 nitrogen and oxygen atoms in total. The number of rotatable bonds is 4. The molecule has 1 aliphatic heterocycles. The summed E-state index contributed by atoms with van der Waals surface area (Å²) < 4.78 is 5.08. The van der Waals surface area contributed by atoms with Crippen LogP contribution in [0.5, 0.6) is 0 Å². The highest BCUT2D eigenvalue weighted by Crippen LogP contribution is 2.07. The number of hydrogen-bond donors (Lipinski definition) is 0. The maximum absolute atomic E-state index is 5.08. The van der Waals surface area contributed by atoms with E-state index in [4.69, 9.17) is 4.74 Å². The van der Waals surface area contributed by atoms with E-state index in [1.165, 1.54) is 32.6 Å². The van der Waals surface area contributed by atoms with Gasteiger partial charge in [0.1, 0.15) is 0 Å². The summed E-state index contributed by atoms with van der Waals surface area (Å²) >= 11 is 0. The second-order valence-electron chi connectivity index (χ2n) is 4.33. The zero-order chi connectivity index (χ0) is 10.4. The van der Waals surface area contributed by atoms with E-state index in [0.29, 0.717) is 6.04 Å². The highest BCUT2D eigenvalue weighted by atomic mass is 16.5. The van der Waals surface area contributed by atoms with Crippen LogP contribution in [0.15, 0.2) is 0 Å². The lowest BCUT2D eigenvalue weighted by Crippen LogP contribution is -2.37. The SMILES string of the molecule is COCCCN1CCCN(C)C(C)C1. The minimum absolute atomic E-state index is 0.694. The predicted molar refractivity (Wildman–Crippen MR) is 59.6 cm³/mol. The standard InChI is InChI=1S/C11H24N2O/c1-11-10-13(8-5-9-14-3)7-4-6-12(11)2/h11H,4-10H2,1-3H3. The van der Waals surface area contributed by atoms with Crippen LogP contribution in [0.25, 0.3) is 0 Å². The molecule has 0 aromatic rings. The molecule has 0 amide bonds. The summed E-state index contributed by atoms with van der Waals surface area (Å²) in [5.74, 6) is 0. The normalized spacial score (nSPS) is 26.4. The van der Waals surface area contributed by atoms with Gasteiger partial charge in [0.15, 0.2) is 0 Å². The Bertz CT molecular complexity index is 152. The second-order valence-corrected chi connectivity index (χ2v) is 4.33. The summed E-state index contributed by atoms with van der Waals surface area (Å²) in [6, 6.07) is 0.694. The van der Waals surface area contributed by atoms with E-state index in [1.807, 2.05) is 0 Å². The van der Waals surface area contributed by atoms with Gasteiger partial charge in [-0.05, 0) is 39.9 Å². The molecule has 0 bridgehead atoms. The quantitative estimate of drug-likeness (QED) is 0.631. The molecule has 1 aliphatic rings. The Morgan fingerprint density at radius 2 is 2.14 bits per heavy atom. The molecule has 0 aliphatic carbocycles. The van der Waals surface area contributed by atoms with Crippen LogP contribution in [-0.4, -0.2) is 62.8 Å². The lowest BCUT2D eigenvalue weighted by atomic mass is 10.3. The van der Waals surface area contributed by atoms with Gasteiger partial charge in [0.05, 0.1) is 0 Å². The third kappa shape index (κ3) is 3.95. The van der Waals surface area contributed by atoms with E-state index in [2.05, 4.69) is 23.8 Å². The van der Waals surface area contributed by atoms with Crippen molar-refractivity contribution in [3.63, 3.8) is 0 Å². The Labute approximate surface area is 88.0 Å². The van der Waals surface area contributed by atoms with Crippen LogP contribution < -0.4 is 0 Å². The monoisotopic (exact) mass is 200 g/mol. The van der Waals surface area contributed by atoms with Crippen molar-refractivity contribution >= 4 is 0 Å². The minimum atomic E-state index is 0.694. The van der Waals surface area contributed by atoms with Crippen molar-refractivity contribution in [3.8, 4) is 0 Å². The van der Waals surface area contributed by atoms with Crippen molar-refractivity contribution in [2.75, 3.05) is 46.9 Å². The molecular formula is C11H24N2O. The van der Waals surface area contributed by atoms with Crippen LogP contribution in [0.2, 0.25) is 0 Å². The van der Waals surface area contributed by atoms with Gasteiger partial charge in [-0.2, -0.15) is 0 Å². The zero-order valence-electron chi connectivity index (χ0n) is 9.83. The van der Waals surface area contributed by atoms with Crippen molar-refractivity contribution in [3.05, 3.63) is 0 Å². The van der Waals surface area contributed by atoms with Crippen LogP contribution in [0.3, 0.4) is 0 Å². The Balaban J connectivity index is 2.24. The Kier molecular flexibility index (Phi) is 5.45. The first-order chi connectivity index (χ1) is 6.74. The van der Waals surface area contributed by atoms with Crippen LogP contribution in [0.4, 0.5) is 0 Å². The summed E-state index contributed by atoms with van der Waals surface area (Å²) in [5.41, 5.74) is 0. The summed E-state index contributed by atoms with van der Waals surface area (Å²) in [6.45, 7) is 8.09. The minimum Gasteiger partial charge on any atom is -0.385 e. The molecule has 1 rings (SSSR count). The van der Waals surface area contributed by atoms with Gasteiger partial charge in [-0.3, -0.25) is 0 Å². The molecule has 0 N–H and O–H groups in total. The largest absolute Gasteiger partial charge is 0.385 e. The van der Waals surface area contributed by atoms with Crippen molar-refractivity contribution in [2.45, 2.75) is 25.8 Å². The third-order valence-electron chi connectivity index (χ3n) is 3.08. The topological polar surface area (TPSA) is 15.7 Å². The molecule has 3 heteroatoms. The Morgan fingerprint density at radius 1 is 1.36 bits per heavy atom. The number of likely N-dealkylation sites (N-methyl/N-ethyl adjacent to an activating group) is 1. The van der Waals surface area contributed by atoms with Gasteiger partial charge in [0.25, 0.3) is 0 Å². The molecule has 0 aromatic heterocycles. The lowest BCUT2D eigenvalue weighted by Gasteiger charge is -2.25. The van der Waals surface area contributed by atoms with Crippen LogP contribution >= 0.6 is 0 Å². The fourth-order valence-corrected chi connectivity index (χ4v) is 2.00. The third-order valence-corrected chi connectivity index (χ3v) is 3.08. The number of ether oxygens (including phenoxy) is 1. The van der Waals surface area contributed by atoms with E-state index >= 15 is 0 Å². The van der Waals surface area contributed by atoms with Crippen molar-refractivity contribution in [1.82, 2.24) is 9.80 Å². The second kappa shape index (κ2) is 6.38. The maximum Gasteiger partial charge on any atom is 0.0474 e. The van der Waals surface area contributed by atoms with Gasteiger partial charge in [0.2, 0.25) is 0 Å².